The molecule has 1 amide bonds. The Labute approximate surface area is 173 Å². The van der Waals surface area contributed by atoms with Crippen molar-refractivity contribution in [3.8, 4) is 0 Å². The van der Waals surface area contributed by atoms with Crippen LogP contribution in [0.2, 0.25) is 0 Å². The second-order valence-corrected chi connectivity index (χ2v) is 8.05. The van der Waals surface area contributed by atoms with Gasteiger partial charge in [0.05, 0.1) is 17.1 Å². The Morgan fingerprint density at radius 2 is 1.70 bits per heavy atom. The van der Waals surface area contributed by atoms with Crippen molar-refractivity contribution in [2.45, 2.75) is 11.4 Å². The summed E-state index contributed by atoms with van der Waals surface area (Å²) >= 11 is 0. The third-order valence-corrected chi connectivity index (χ3v) is 5.21. The van der Waals surface area contributed by atoms with Crippen LogP contribution in [0.1, 0.15) is 5.69 Å². The first kappa shape index (κ1) is 24.7. The second kappa shape index (κ2) is 11.6. The number of sulfonamides is 1. The summed E-state index contributed by atoms with van der Waals surface area (Å²) in [6.45, 7) is 0.574. The molecule has 1 heterocycles. The van der Waals surface area contributed by atoms with Crippen molar-refractivity contribution in [1.29, 1.82) is 0 Å². The van der Waals surface area contributed by atoms with Crippen LogP contribution in [0.25, 0.3) is 0 Å². The van der Waals surface area contributed by atoms with E-state index in [1.165, 1.54) is 26.2 Å². The summed E-state index contributed by atoms with van der Waals surface area (Å²) in [6, 6.07) is 11.7. The van der Waals surface area contributed by atoms with E-state index in [2.05, 4.69) is 15.6 Å². The van der Waals surface area contributed by atoms with Crippen molar-refractivity contribution < 1.29 is 33.0 Å². The number of carboxylic acid groups (broad SMARTS) is 2. The molecule has 11 nitrogen and oxygen atoms in total. The van der Waals surface area contributed by atoms with Gasteiger partial charge in [-0.15, -0.1) is 0 Å². The third-order valence-electron chi connectivity index (χ3n) is 3.40. The number of aliphatic carboxylic acids is 2. The number of carbonyl (C=O) groups excluding carboxylic acids is 1. The molecule has 0 atom stereocenters. The zero-order valence-electron chi connectivity index (χ0n) is 16.3. The highest BCUT2D eigenvalue weighted by molar-refractivity contribution is 7.89. The fourth-order valence-electron chi connectivity index (χ4n) is 1.96. The van der Waals surface area contributed by atoms with Crippen molar-refractivity contribution in [3.63, 3.8) is 0 Å². The zero-order chi connectivity index (χ0) is 22.7. The number of aromatic nitrogens is 1. The molecule has 1 aromatic heterocycles. The lowest BCUT2D eigenvalue weighted by Gasteiger charge is -2.12. The number of carboxylic acids is 2. The van der Waals surface area contributed by atoms with Crippen LogP contribution in [-0.4, -0.2) is 66.4 Å². The maximum atomic E-state index is 12.1. The van der Waals surface area contributed by atoms with Crippen molar-refractivity contribution in [3.05, 3.63) is 54.4 Å². The molecule has 0 aliphatic rings. The Kier molecular flexibility index (Phi) is 9.55. The first-order chi connectivity index (χ1) is 14.0. The quantitative estimate of drug-likeness (QED) is 0.442. The van der Waals surface area contributed by atoms with E-state index in [4.69, 9.17) is 19.8 Å². The standard InChI is InChI=1S/C16H20N4O3S.C2H2O4/c1-20(2)24(22,23)15-8-5-7-13(10-15)19-16(21)12-17-11-14-6-3-4-9-18-14;3-1(4)2(5)6/h3-10,17H,11-12H2,1-2H3,(H,19,21);(H,3,4)(H,5,6). The molecular formula is C18H22N4O7S. The Hall–Kier alpha value is -3.35. The molecule has 1 aromatic carbocycles. The number of hydrogen-bond acceptors (Lipinski definition) is 7. The molecule has 0 unspecified atom stereocenters. The maximum Gasteiger partial charge on any atom is 0.414 e. The molecule has 4 N–H and O–H groups in total. The van der Waals surface area contributed by atoms with Crippen LogP contribution in [0.4, 0.5) is 5.69 Å². The lowest BCUT2D eigenvalue weighted by Crippen LogP contribution is -2.28. The molecule has 0 aliphatic heterocycles. The van der Waals surface area contributed by atoms with Gasteiger partial charge in [0.1, 0.15) is 0 Å². The van der Waals surface area contributed by atoms with Crippen LogP contribution in [0, 0.1) is 0 Å². The summed E-state index contributed by atoms with van der Waals surface area (Å²) in [4.78, 5) is 34.4. The molecular weight excluding hydrogens is 416 g/mol. The molecule has 0 aliphatic carbocycles. The van der Waals surface area contributed by atoms with E-state index in [9.17, 15) is 13.2 Å². The Morgan fingerprint density at radius 3 is 2.23 bits per heavy atom. The molecule has 162 valence electrons. The summed E-state index contributed by atoms with van der Waals surface area (Å²) < 4.78 is 25.3. The van der Waals surface area contributed by atoms with Crippen molar-refractivity contribution in [2.24, 2.45) is 0 Å². The molecule has 12 heteroatoms. The lowest BCUT2D eigenvalue weighted by atomic mass is 10.3. The van der Waals surface area contributed by atoms with Crippen LogP contribution in [0.15, 0.2) is 53.6 Å². The van der Waals surface area contributed by atoms with E-state index in [0.717, 1.165) is 10.00 Å². The van der Waals surface area contributed by atoms with Gasteiger partial charge in [-0.25, -0.2) is 22.3 Å². The van der Waals surface area contributed by atoms with Gasteiger partial charge in [-0.2, -0.15) is 0 Å². The summed E-state index contributed by atoms with van der Waals surface area (Å²) in [5.74, 6) is -3.91. The van der Waals surface area contributed by atoms with Crippen LogP contribution < -0.4 is 10.6 Å². The normalized spacial score (nSPS) is 10.6. The highest BCUT2D eigenvalue weighted by atomic mass is 32.2. The molecule has 0 fully saturated rings. The fraction of sp³-hybridized carbons (Fsp3) is 0.222. The van der Waals surface area contributed by atoms with E-state index in [-0.39, 0.29) is 17.3 Å². The summed E-state index contributed by atoms with van der Waals surface area (Å²) in [6.07, 6.45) is 1.69. The van der Waals surface area contributed by atoms with Gasteiger partial charge >= 0.3 is 11.9 Å². The van der Waals surface area contributed by atoms with Gasteiger partial charge in [-0.3, -0.25) is 9.78 Å². The Bertz CT molecular complexity index is 967. The van der Waals surface area contributed by atoms with Gasteiger partial charge in [-0.1, -0.05) is 12.1 Å². The van der Waals surface area contributed by atoms with Gasteiger partial charge in [0, 0.05) is 32.5 Å². The Balaban J connectivity index is 0.000000656. The third kappa shape index (κ3) is 8.34. The van der Waals surface area contributed by atoms with E-state index in [0.29, 0.717) is 12.2 Å². The van der Waals surface area contributed by atoms with Crippen LogP contribution in [0.5, 0.6) is 0 Å². The average molecular weight is 438 g/mol. The van der Waals surface area contributed by atoms with E-state index >= 15 is 0 Å². The smallest absolute Gasteiger partial charge is 0.414 e. The van der Waals surface area contributed by atoms with Crippen molar-refractivity contribution in [1.82, 2.24) is 14.6 Å². The van der Waals surface area contributed by atoms with Gasteiger partial charge in [-0.05, 0) is 30.3 Å². The number of carbonyl (C=O) groups is 3. The predicted molar refractivity (Wildman–Crippen MR) is 107 cm³/mol. The van der Waals surface area contributed by atoms with Crippen LogP contribution >= 0.6 is 0 Å². The minimum absolute atomic E-state index is 0.0984. The van der Waals surface area contributed by atoms with E-state index < -0.39 is 22.0 Å². The molecule has 2 rings (SSSR count). The Morgan fingerprint density at radius 1 is 1.03 bits per heavy atom. The maximum absolute atomic E-state index is 12.1. The summed E-state index contributed by atoms with van der Waals surface area (Å²) in [5, 5.41) is 20.4. The SMILES string of the molecule is CN(C)S(=O)(=O)c1cccc(NC(=O)CNCc2ccccn2)c1.O=C(O)C(=O)O. The molecule has 0 saturated heterocycles. The minimum atomic E-state index is -3.53. The number of amides is 1. The van der Waals surface area contributed by atoms with Gasteiger partial charge in [0.25, 0.3) is 0 Å². The van der Waals surface area contributed by atoms with E-state index in [1.807, 2.05) is 18.2 Å². The lowest BCUT2D eigenvalue weighted by molar-refractivity contribution is -0.159. The molecule has 0 radical (unpaired) electrons. The molecule has 0 bridgehead atoms. The number of pyridine rings is 1. The molecule has 0 spiro atoms. The largest absolute Gasteiger partial charge is 0.473 e. The molecule has 0 saturated carbocycles. The highest BCUT2D eigenvalue weighted by Crippen LogP contribution is 2.17. The average Bonchev–Trinajstić information content (AvgIpc) is 2.69. The fourth-order valence-corrected chi connectivity index (χ4v) is 2.91. The number of hydrogen-bond donors (Lipinski definition) is 4. The van der Waals surface area contributed by atoms with Crippen LogP contribution in [-0.2, 0) is 31.0 Å². The van der Waals surface area contributed by atoms with E-state index in [1.54, 1.807) is 18.3 Å². The van der Waals surface area contributed by atoms with Crippen molar-refractivity contribution >= 4 is 33.6 Å². The highest BCUT2D eigenvalue weighted by Gasteiger charge is 2.17. The first-order valence-corrected chi connectivity index (χ1v) is 9.87. The zero-order valence-corrected chi connectivity index (χ0v) is 17.1. The number of anilines is 1. The van der Waals surface area contributed by atoms with Crippen molar-refractivity contribution in [2.75, 3.05) is 26.0 Å². The second-order valence-electron chi connectivity index (χ2n) is 5.90. The predicted octanol–water partition coefficient (Wildman–Crippen LogP) is 0.216. The van der Waals surface area contributed by atoms with Gasteiger partial charge in [0.2, 0.25) is 15.9 Å². The molecule has 2 aromatic rings. The van der Waals surface area contributed by atoms with Crippen LogP contribution in [0.3, 0.4) is 0 Å². The summed E-state index contributed by atoms with van der Waals surface area (Å²) in [7, 11) is -0.609. The number of nitrogens with one attached hydrogen (secondary N) is 2. The molecule has 30 heavy (non-hydrogen) atoms. The number of benzene rings is 1. The minimum Gasteiger partial charge on any atom is -0.473 e. The summed E-state index contributed by atoms with van der Waals surface area (Å²) in [5.41, 5.74) is 1.27. The number of nitrogens with zero attached hydrogens (tertiary/aromatic N) is 2. The number of rotatable bonds is 7. The van der Waals surface area contributed by atoms with Gasteiger partial charge in [0.15, 0.2) is 0 Å². The first-order valence-electron chi connectivity index (χ1n) is 8.43. The topological polar surface area (TPSA) is 166 Å². The monoisotopic (exact) mass is 438 g/mol. The van der Waals surface area contributed by atoms with Gasteiger partial charge < -0.3 is 20.8 Å².